The van der Waals surface area contributed by atoms with Crippen LogP contribution in [-0.2, 0) is 4.74 Å². The van der Waals surface area contributed by atoms with Gasteiger partial charge in [0, 0.05) is 6.54 Å². The van der Waals surface area contributed by atoms with Gasteiger partial charge in [-0.2, -0.15) is 0 Å². The molecule has 1 amide bonds. The van der Waals surface area contributed by atoms with E-state index in [0.29, 0.717) is 12.5 Å². The Hall–Kier alpha value is -0.770. The molecule has 0 spiro atoms. The zero-order chi connectivity index (χ0) is 12.3. The van der Waals surface area contributed by atoms with Crippen molar-refractivity contribution in [1.82, 2.24) is 4.90 Å². The maximum atomic E-state index is 11.9. The van der Waals surface area contributed by atoms with Crippen LogP contribution in [0.15, 0.2) is 0 Å². The number of hydrogen-bond acceptors (Lipinski definition) is 3. The maximum Gasteiger partial charge on any atom is 0.410 e. The summed E-state index contributed by atoms with van der Waals surface area (Å²) in [6.07, 6.45) is 1.61. The number of rotatable bonds is 1. The van der Waals surface area contributed by atoms with Gasteiger partial charge in [0.2, 0.25) is 0 Å². The van der Waals surface area contributed by atoms with Crippen LogP contribution >= 0.6 is 0 Å². The third kappa shape index (κ3) is 3.67. The summed E-state index contributed by atoms with van der Waals surface area (Å²) in [5.74, 6) is 0.482. The van der Waals surface area contributed by atoms with E-state index < -0.39 is 5.60 Å². The minimum absolute atomic E-state index is 0.0198. The van der Waals surface area contributed by atoms with Gasteiger partial charge in [-0.05, 0) is 39.5 Å². The van der Waals surface area contributed by atoms with Gasteiger partial charge < -0.3 is 14.7 Å². The lowest BCUT2D eigenvalue weighted by molar-refractivity contribution is -0.00476. The molecule has 0 aliphatic carbocycles. The highest BCUT2D eigenvalue weighted by Crippen LogP contribution is 2.23. The minimum atomic E-state index is -0.474. The number of aliphatic hydroxyl groups is 1. The average Bonchev–Trinajstić information content (AvgIpc) is 2.15. The summed E-state index contributed by atoms with van der Waals surface area (Å²) < 4.78 is 5.33. The number of carbonyl (C=O) groups is 1. The number of aliphatic hydroxyl groups excluding tert-OH is 1. The van der Waals surface area contributed by atoms with E-state index in [-0.39, 0.29) is 18.7 Å². The maximum absolute atomic E-state index is 11.9. The highest BCUT2D eigenvalue weighted by Gasteiger charge is 2.32. The monoisotopic (exact) mass is 229 g/mol. The van der Waals surface area contributed by atoms with Crippen molar-refractivity contribution in [3.05, 3.63) is 0 Å². The summed E-state index contributed by atoms with van der Waals surface area (Å²) in [6.45, 7) is 8.38. The van der Waals surface area contributed by atoms with Gasteiger partial charge >= 0.3 is 6.09 Å². The van der Waals surface area contributed by atoms with Gasteiger partial charge in [0.05, 0.1) is 12.6 Å². The molecule has 0 aromatic carbocycles. The van der Waals surface area contributed by atoms with Crippen molar-refractivity contribution in [3.63, 3.8) is 0 Å². The van der Waals surface area contributed by atoms with Crippen LogP contribution in [0.4, 0.5) is 4.79 Å². The Kier molecular flexibility index (Phi) is 4.19. The summed E-state index contributed by atoms with van der Waals surface area (Å²) in [5.41, 5.74) is -0.474. The predicted octanol–water partition coefficient (Wildman–Crippen LogP) is 2.01. The van der Waals surface area contributed by atoms with Gasteiger partial charge in [-0.3, -0.25) is 0 Å². The number of nitrogens with zero attached hydrogens (tertiary/aromatic N) is 1. The van der Waals surface area contributed by atoms with Crippen molar-refractivity contribution in [1.29, 1.82) is 0 Å². The first-order valence-electron chi connectivity index (χ1n) is 5.94. The molecule has 0 aromatic heterocycles. The molecule has 4 heteroatoms. The van der Waals surface area contributed by atoms with Crippen LogP contribution < -0.4 is 0 Å². The van der Waals surface area contributed by atoms with E-state index in [1.54, 1.807) is 4.90 Å². The fourth-order valence-corrected chi connectivity index (χ4v) is 1.94. The third-order valence-electron chi connectivity index (χ3n) is 2.78. The molecule has 1 saturated heterocycles. The van der Waals surface area contributed by atoms with Crippen molar-refractivity contribution in [3.8, 4) is 0 Å². The molecule has 1 fully saturated rings. The van der Waals surface area contributed by atoms with E-state index in [0.717, 1.165) is 12.8 Å². The molecule has 1 rings (SSSR count). The first-order valence-corrected chi connectivity index (χ1v) is 5.94. The Morgan fingerprint density at radius 3 is 2.56 bits per heavy atom. The molecule has 16 heavy (non-hydrogen) atoms. The lowest BCUT2D eigenvalue weighted by Gasteiger charge is -2.38. The normalized spacial score (nSPS) is 26.7. The SMILES string of the molecule is CC1CCC(CO)N(C(=O)OC(C)(C)C)C1. The van der Waals surface area contributed by atoms with E-state index in [4.69, 9.17) is 4.74 Å². The summed E-state index contributed by atoms with van der Waals surface area (Å²) in [5, 5.41) is 9.25. The zero-order valence-electron chi connectivity index (χ0n) is 10.7. The zero-order valence-corrected chi connectivity index (χ0v) is 10.7. The Bertz CT molecular complexity index is 247. The molecule has 1 aliphatic rings. The molecule has 2 unspecified atom stereocenters. The summed E-state index contributed by atoms with van der Waals surface area (Å²) in [6, 6.07) is -0.0777. The average molecular weight is 229 g/mol. The summed E-state index contributed by atoms with van der Waals surface area (Å²) >= 11 is 0. The van der Waals surface area contributed by atoms with Crippen molar-refractivity contribution < 1.29 is 14.6 Å². The first-order chi connectivity index (χ1) is 7.33. The number of hydrogen-bond donors (Lipinski definition) is 1. The summed E-state index contributed by atoms with van der Waals surface area (Å²) in [4.78, 5) is 13.6. The number of amides is 1. The fourth-order valence-electron chi connectivity index (χ4n) is 1.94. The lowest BCUT2D eigenvalue weighted by Crippen LogP contribution is -2.49. The standard InChI is InChI=1S/C12H23NO3/c1-9-5-6-10(8-14)13(7-9)11(15)16-12(2,3)4/h9-10,14H,5-8H2,1-4H3. The van der Waals surface area contributed by atoms with Crippen molar-refractivity contribution in [2.75, 3.05) is 13.2 Å². The van der Waals surface area contributed by atoms with E-state index in [1.807, 2.05) is 20.8 Å². The van der Waals surface area contributed by atoms with Crippen LogP contribution in [0, 0.1) is 5.92 Å². The van der Waals surface area contributed by atoms with Crippen LogP contribution in [0.1, 0.15) is 40.5 Å². The number of likely N-dealkylation sites (tertiary alicyclic amines) is 1. The van der Waals surface area contributed by atoms with Gasteiger partial charge in [0.1, 0.15) is 5.60 Å². The van der Waals surface area contributed by atoms with Gasteiger partial charge in [-0.25, -0.2) is 4.79 Å². The predicted molar refractivity (Wildman–Crippen MR) is 62.2 cm³/mol. The van der Waals surface area contributed by atoms with Gasteiger partial charge in [0.25, 0.3) is 0 Å². The Morgan fingerprint density at radius 1 is 1.44 bits per heavy atom. The van der Waals surface area contributed by atoms with Gasteiger partial charge in [0.15, 0.2) is 0 Å². The van der Waals surface area contributed by atoms with Crippen LogP contribution in [0.3, 0.4) is 0 Å². The number of carbonyl (C=O) groups excluding carboxylic acids is 1. The Balaban J connectivity index is 2.63. The highest BCUT2D eigenvalue weighted by molar-refractivity contribution is 5.68. The molecule has 0 bridgehead atoms. The second-order valence-corrected chi connectivity index (χ2v) is 5.65. The molecule has 1 heterocycles. The van der Waals surface area contributed by atoms with Crippen LogP contribution in [-0.4, -0.2) is 40.9 Å². The Morgan fingerprint density at radius 2 is 2.06 bits per heavy atom. The van der Waals surface area contributed by atoms with E-state index in [1.165, 1.54) is 0 Å². The molecule has 1 N–H and O–H groups in total. The number of piperidine rings is 1. The molecule has 4 nitrogen and oxygen atoms in total. The largest absolute Gasteiger partial charge is 0.444 e. The van der Waals surface area contributed by atoms with Crippen LogP contribution in [0.2, 0.25) is 0 Å². The minimum Gasteiger partial charge on any atom is -0.444 e. The first kappa shape index (κ1) is 13.3. The van der Waals surface area contributed by atoms with Gasteiger partial charge in [-0.15, -0.1) is 0 Å². The van der Waals surface area contributed by atoms with Crippen molar-refractivity contribution in [2.45, 2.75) is 52.2 Å². The number of ether oxygens (including phenoxy) is 1. The molecule has 94 valence electrons. The third-order valence-corrected chi connectivity index (χ3v) is 2.78. The highest BCUT2D eigenvalue weighted by atomic mass is 16.6. The summed E-state index contributed by atoms with van der Waals surface area (Å²) in [7, 11) is 0. The molecular formula is C12H23NO3. The smallest absolute Gasteiger partial charge is 0.410 e. The van der Waals surface area contributed by atoms with Crippen molar-refractivity contribution in [2.24, 2.45) is 5.92 Å². The van der Waals surface area contributed by atoms with Crippen LogP contribution in [0.25, 0.3) is 0 Å². The molecule has 0 radical (unpaired) electrons. The van der Waals surface area contributed by atoms with E-state index in [9.17, 15) is 9.90 Å². The fraction of sp³-hybridized carbons (Fsp3) is 0.917. The molecule has 1 aliphatic heterocycles. The van der Waals surface area contributed by atoms with Crippen molar-refractivity contribution >= 4 is 6.09 Å². The second-order valence-electron chi connectivity index (χ2n) is 5.65. The molecular weight excluding hydrogens is 206 g/mol. The Labute approximate surface area is 97.6 Å². The quantitative estimate of drug-likeness (QED) is 0.748. The molecule has 0 aromatic rings. The van der Waals surface area contributed by atoms with Gasteiger partial charge in [-0.1, -0.05) is 6.92 Å². The molecule has 0 saturated carbocycles. The van der Waals surface area contributed by atoms with E-state index >= 15 is 0 Å². The van der Waals surface area contributed by atoms with E-state index in [2.05, 4.69) is 6.92 Å². The molecule has 2 atom stereocenters. The topological polar surface area (TPSA) is 49.8 Å². The van der Waals surface area contributed by atoms with Crippen LogP contribution in [0.5, 0.6) is 0 Å². The lowest BCUT2D eigenvalue weighted by atomic mass is 9.95. The second kappa shape index (κ2) is 5.04.